The monoisotopic (exact) mass is 246 g/mol. The molecule has 4 nitrogen and oxygen atoms in total. The summed E-state index contributed by atoms with van der Waals surface area (Å²) >= 11 is 0. The molecule has 18 heavy (non-hydrogen) atoms. The van der Waals surface area contributed by atoms with Gasteiger partial charge < -0.3 is 9.84 Å². The normalized spacial score (nSPS) is 12.4. The van der Waals surface area contributed by atoms with Gasteiger partial charge in [-0.3, -0.25) is 4.68 Å². The van der Waals surface area contributed by atoms with Crippen LogP contribution in [0.1, 0.15) is 29.8 Å². The molecule has 0 fully saturated rings. The van der Waals surface area contributed by atoms with Gasteiger partial charge in [-0.2, -0.15) is 5.10 Å². The maximum Gasteiger partial charge on any atom is 0.162 e. The highest BCUT2D eigenvalue weighted by Crippen LogP contribution is 2.29. The smallest absolute Gasteiger partial charge is 0.162 e. The van der Waals surface area contributed by atoms with Crippen LogP contribution in [-0.2, 0) is 13.5 Å². The Bertz CT molecular complexity index is 517. The highest BCUT2D eigenvalue weighted by Gasteiger charge is 2.19. The summed E-state index contributed by atoms with van der Waals surface area (Å²) in [4.78, 5) is 0. The molecule has 96 valence electrons. The Labute approximate surface area is 107 Å². The van der Waals surface area contributed by atoms with Crippen LogP contribution < -0.4 is 4.74 Å². The van der Waals surface area contributed by atoms with E-state index in [-0.39, 0.29) is 0 Å². The molecule has 0 aliphatic carbocycles. The zero-order valence-electron chi connectivity index (χ0n) is 10.9. The number of nitrogens with zero attached hydrogens (tertiary/aromatic N) is 2. The quantitative estimate of drug-likeness (QED) is 0.898. The number of aryl methyl sites for hydroxylation is 2. The number of aliphatic hydroxyl groups is 1. The molecule has 2 aromatic rings. The van der Waals surface area contributed by atoms with Crippen molar-refractivity contribution in [3.8, 4) is 5.75 Å². The molecule has 0 spiro atoms. The first-order valence-corrected chi connectivity index (χ1v) is 6.00. The molecule has 1 aromatic carbocycles. The van der Waals surface area contributed by atoms with Gasteiger partial charge in [-0.15, -0.1) is 0 Å². The fourth-order valence-electron chi connectivity index (χ4n) is 1.99. The molecule has 2 rings (SSSR count). The lowest BCUT2D eigenvalue weighted by atomic mass is 10.0. The second-order valence-electron chi connectivity index (χ2n) is 4.22. The van der Waals surface area contributed by atoms with E-state index in [0.29, 0.717) is 11.4 Å². The molecule has 1 atom stereocenters. The lowest BCUT2D eigenvalue weighted by Crippen LogP contribution is -2.08. The van der Waals surface area contributed by atoms with Crippen molar-refractivity contribution in [2.24, 2.45) is 7.05 Å². The van der Waals surface area contributed by atoms with Crippen LogP contribution >= 0.6 is 0 Å². The maximum atomic E-state index is 10.4. The van der Waals surface area contributed by atoms with Crippen molar-refractivity contribution in [1.82, 2.24) is 9.78 Å². The lowest BCUT2D eigenvalue weighted by Gasteiger charge is -2.13. The first-order chi connectivity index (χ1) is 8.67. The molecule has 0 saturated heterocycles. The Morgan fingerprint density at radius 2 is 2.00 bits per heavy atom. The minimum absolute atomic E-state index is 0.601. The second-order valence-corrected chi connectivity index (χ2v) is 4.22. The van der Waals surface area contributed by atoms with Crippen LogP contribution in [0.15, 0.2) is 30.5 Å². The topological polar surface area (TPSA) is 47.3 Å². The molecule has 0 radical (unpaired) electrons. The Kier molecular flexibility index (Phi) is 3.67. The number of hydrogen-bond donors (Lipinski definition) is 1. The molecule has 0 aliphatic heterocycles. The molecular weight excluding hydrogens is 228 g/mol. The number of ether oxygens (including phenoxy) is 1. The van der Waals surface area contributed by atoms with E-state index in [1.165, 1.54) is 5.56 Å². The molecule has 0 saturated carbocycles. The number of aromatic nitrogens is 2. The van der Waals surface area contributed by atoms with E-state index in [1.54, 1.807) is 25.0 Å². The van der Waals surface area contributed by atoms with Crippen LogP contribution in [0.2, 0.25) is 0 Å². The number of methoxy groups -OCH3 is 1. The van der Waals surface area contributed by atoms with Gasteiger partial charge in [-0.25, -0.2) is 0 Å². The van der Waals surface area contributed by atoms with E-state index in [2.05, 4.69) is 12.0 Å². The fourth-order valence-corrected chi connectivity index (χ4v) is 1.99. The van der Waals surface area contributed by atoms with Gasteiger partial charge in [0.2, 0.25) is 0 Å². The highest BCUT2D eigenvalue weighted by atomic mass is 16.5. The summed E-state index contributed by atoms with van der Waals surface area (Å²) in [5.74, 6) is 0.601. The van der Waals surface area contributed by atoms with Crippen molar-refractivity contribution in [3.05, 3.63) is 47.3 Å². The van der Waals surface area contributed by atoms with E-state index in [4.69, 9.17) is 4.74 Å². The Balaban J connectivity index is 2.34. The number of hydrogen-bond acceptors (Lipinski definition) is 3. The molecule has 1 unspecified atom stereocenters. The summed E-state index contributed by atoms with van der Waals surface area (Å²) in [5, 5.41) is 14.5. The molecular formula is C14H18N2O2. The molecule has 0 aliphatic rings. The second kappa shape index (κ2) is 5.23. The van der Waals surface area contributed by atoms with Crippen molar-refractivity contribution in [3.63, 3.8) is 0 Å². The first kappa shape index (κ1) is 12.6. The van der Waals surface area contributed by atoms with Crippen LogP contribution in [0.4, 0.5) is 0 Å². The van der Waals surface area contributed by atoms with E-state index >= 15 is 0 Å². The van der Waals surface area contributed by atoms with E-state index < -0.39 is 6.10 Å². The third-order valence-electron chi connectivity index (χ3n) is 3.13. The van der Waals surface area contributed by atoms with Crippen LogP contribution in [0.3, 0.4) is 0 Å². The summed E-state index contributed by atoms with van der Waals surface area (Å²) in [7, 11) is 3.37. The predicted octanol–water partition coefficient (Wildman–Crippen LogP) is 2.07. The first-order valence-electron chi connectivity index (χ1n) is 6.00. The summed E-state index contributed by atoms with van der Waals surface area (Å²) in [5.41, 5.74) is 2.76. The minimum Gasteiger partial charge on any atom is -0.493 e. The predicted molar refractivity (Wildman–Crippen MR) is 69.6 cm³/mol. The van der Waals surface area contributed by atoms with Crippen LogP contribution in [0.5, 0.6) is 5.75 Å². The van der Waals surface area contributed by atoms with Crippen molar-refractivity contribution in [2.45, 2.75) is 19.4 Å². The van der Waals surface area contributed by atoms with Crippen LogP contribution in [0.25, 0.3) is 0 Å². The Morgan fingerprint density at radius 1 is 1.33 bits per heavy atom. The lowest BCUT2D eigenvalue weighted by molar-refractivity contribution is 0.204. The third-order valence-corrected chi connectivity index (χ3v) is 3.13. The Hall–Kier alpha value is -1.81. The zero-order chi connectivity index (χ0) is 13.1. The SMILES string of the molecule is CCc1ccc(C(O)c2c(OC)cnn2C)cc1. The largest absolute Gasteiger partial charge is 0.493 e. The van der Waals surface area contributed by atoms with Crippen LogP contribution in [0, 0.1) is 0 Å². The van der Waals surface area contributed by atoms with Gasteiger partial charge in [0.1, 0.15) is 11.8 Å². The van der Waals surface area contributed by atoms with Gasteiger partial charge in [0.25, 0.3) is 0 Å². The molecule has 0 amide bonds. The summed E-state index contributed by atoms with van der Waals surface area (Å²) in [6.07, 6.45) is 1.88. The maximum absolute atomic E-state index is 10.4. The van der Waals surface area contributed by atoms with Crippen LogP contribution in [-0.4, -0.2) is 22.0 Å². The van der Waals surface area contributed by atoms with Gasteiger partial charge in [0.05, 0.1) is 13.3 Å². The van der Waals surface area contributed by atoms with Crippen molar-refractivity contribution in [1.29, 1.82) is 0 Å². The standard InChI is InChI=1S/C14H18N2O2/c1-4-10-5-7-11(8-6-10)14(17)13-12(18-3)9-15-16(13)2/h5-9,14,17H,4H2,1-3H3. The van der Waals surface area contributed by atoms with Gasteiger partial charge in [0.15, 0.2) is 5.75 Å². The third kappa shape index (κ3) is 2.24. The number of benzene rings is 1. The highest BCUT2D eigenvalue weighted by molar-refractivity contribution is 5.35. The minimum atomic E-state index is -0.724. The summed E-state index contributed by atoms with van der Waals surface area (Å²) in [6, 6.07) is 7.94. The Morgan fingerprint density at radius 3 is 2.56 bits per heavy atom. The number of aliphatic hydroxyl groups excluding tert-OH is 1. The molecule has 1 aromatic heterocycles. The number of rotatable bonds is 4. The van der Waals surface area contributed by atoms with E-state index in [9.17, 15) is 5.11 Å². The van der Waals surface area contributed by atoms with E-state index in [1.807, 2.05) is 24.3 Å². The zero-order valence-corrected chi connectivity index (χ0v) is 10.9. The van der Waals surface area contributed by atoms with E-state index in [0.717, 1.165) is 12.0 Å². The summed E-state index contributed by atoms with van der Waals surface area (Å²) in [6.45, 7) is 2.11. The molecule has 1 N–H and O–H groups in total. The average Bonchev–Trinajstić information content (AvgIpc) is 2.79. The van der Waals surface area contributed by atoms with Gasteiger partial charge in [-0.05, 0) is 17.5 Å². The fraction of sp³-hybridized carbons (Fsp3) is 0.357. The van der Waals surface area contributed by atoms with Gasteiger partial charge in [0, 0.05) is 7.05 Å². The van der Waals surface area contributed by atoms with Gasteiger partial charge >= 0.3 is 0 Å². The van der Waals surface area contributed by atoms with Crippen molar-refractivity contribution in [2.75, 3.05) is 7.11 Å². The molecule has 0 bridgehead atoms. The molecule has 1 heterocycles. The van der Waals surface area contributed by atoms with Gasteiger partial charge in [-0.1, -0.05) is 31.2 Å². The van der Waals surface area contributed by atoms with Crippen molar-refractivity contribution >= 4 is 0 Å². The summed E-state index contributed by atoms with van der Waals surface area (Å²) < 4.78 is 6.85. The van der Waals surface area contributed by atoms with Crippen molar-refractivity contribution < 1.29 is 9.84 Å². The molecule has 4 heteroatoms. The average molecular weight is 246 g/mol.